The van der Waals surface area contributed by atoms with Crippen LogP contribution in [0.2, 0.25) is 0 Å². The molecular formula is C19H22BrO3P. The van der Waals surface area contributed by atoms with E-state index in [1.54, 1.807) is 7.11 Å². The first-order valence-corrected chi connectivity index (χ1v) is 10.6. The maximum atomic E-state index is 13.9. The van der Waals surface area contributed by atoms with E-state index in [4.69, 9.17) is 9.47 Å². The summed E-state index contributed by atoms with van der Waals surface area (Å²) in [6, 6.07) is 9.89. The smallest absolute Gasteiger partial charge is 0.160 e. The van der Waals surface area contributed by atoms with Gasteiger partial charge in [-0.2, -0.15) is 0 Å². The Hall–Kier alpha value is -1.25. The molecule has 0 aromatic heterocycles. The quantitative estimate of drug-likeness (QED) is 0.609. The maximum absolute atomic E-state index is 13.9. The Morgan fingerprint density at radius 2 is 1.92 bits per heavy atom. The highest BCUT2D eigenvalue weighted by Crippen LogP contribution is 2.63. The summed E-state index contributed by atoms with van der Waals surface area (Å²) in [6.45, 7) is 8.11. The van der Waals surface area contributed by atoms with Crippen LogP contribution < -0.4 is 14.8 Å². The monoisotopic (exact) mass is 408 g/mol. The van der Waals surface area contributed by atoms with Crippen molar-refractivity contribution in [3.05, 3.63) is 40.4 Å². The van der Waals surface area contributed by atoms with Crippen LogP contribution in [-0.2, 0) is 4.57 Å². The molecule has 0 radical (unpaired) electrons. The zero-order valence-corrected chi connectivity index (χ0v) is 17.1. The van der Waals surface area contributed by atoms with E-state index in [1.165, 1.54) is 0 Å². The van der Waals surface area contributed by atoms with Gasteiger partial charge < -0.3 is 14.0 Å². The second kappa shape index (κ2) is 5.93. The van der Waals surface area contributed by atoms with Gasteiger partial charge >= 0.3 is 0 Å². The van der Waals surface area contributed by atoms with Gasteiger partial charge in [0.1, 0.15) is 17.8 Å². The van der Waals surface area contributed by atoms with Gasteiger partial charge in [-0.3, -0.25) is 0 Å². The number of methoxy groups -OCH3 is 1. The molecule has 0 unspecified atom stereocenters. The van der Waals surface area contributed by atoms with Crippen molar-refractivity contribution in [1.29, 1.82) is 0 Å². The Balaban J connectivity index is 2.38. The number of aryl methyl sites for hydroxylation is 1. The highest BCUT2D eigenvalue weighted by atomic mass is 79.9. The third-order valence-electron chi connectivity index (χ3n) is 4.64. The van der Waals surface area contributed by atoms with Crippen LogP contribution >= 0.6 is 23.1 Å². The SMILES string of the molecule is COc1c(Br)ccc(C)c1-c1cccc2c1[P@](=O)(C(C)(C)C)CO2. The van der Waals surface area contributed by atoms with E-state index in [9.17, 15) is 4.57 Å². The standard InChI is InChI=1S/C19H22BrO3P/c1-12-9-10-14(20)17(22-5)16(12)13-7-6-8-15-18(13)24(21,11-23-15)19(2,3)4/h6-10H,11H2,1-5H3/t24-/m0/s1. The summed E-state index contributed by atoms with van der Waals surface area (Å²) in [5.41, 5.74) is 2.99. The van der Waals surface area contributed by atoms with Gasteiger partial charge in [-0.15, -0.1) is 0 Å². The summed E-state index contributed by atoms with van der Waals surface area (Å²) >= 11 is 3.56. The lowest BCUT2D eigenvalue weighted by atomic mass is 9.99. The maximum Gasteiger partial charge on any atom is 0.160 e. The van der Waals surface area contributed by atoms with Crippen LogP contribution in [-0.4, -0.2) is 18.6 Å². The van der Waals surface area contributed by atoms with Crippen LogP contribution in [0.25, 0.3) is 11.1 Å². The summed E-state index contributed by atoms with van der Waals surface area (Å²) in [5.74, 6) is 1.49. The van der Waals surface area contributed by atoms with Crippen molar-refractivity contribution in [2.75, 3.05) is 13.5 Å². The number of hydrogen-bond donors (Lipinski definition) is 0. The summed E-state index contributed by atoms with van der Waals surface area (Å²) in [7, 11) is -1.05. The Bertz CT molecular complexity index is 852. The van der Waals surface area contributed by atoms with Crippen molar-refractivity contribution in [3.63, 3.8) is 0 Å². The van der Waals surface area contributed by atoms with Crippen LogP contribution in [0, 0.1) is 6.92 Å². The van der Waals surface area contributed by atoms with Crippen molar-refractivity contribution in [2.24, 2.45) is 0 Å². The minimum absolute atomic E-state index is 0.262. The molecule has 5 heteroatoms. The van der Waals surface area contributed by atoms with E-state index in [0.717, 1.165) is 38.0 Å². The van der Waals surface area contributed by atoms with Gasteiger partial charge in [0.15, 0.2) is 7.14 Å². The third-order valence-corrected chi connectivity index (χ3v) is 9.11. The van der Waals surface area contributed by atoms with Crippen LogP contribution in [0.3, 0.4) is 0 Å². The molecule has 2 aromatic rings. The minimum Gasteiger partial charge on any atom is -0.495 e. The number of ether oxygens (including phenoxy) is 2. The normalized spacial score (nSPS) is 19.8. The lowest BCUT2D eigenvalue weighted by molar-refractivity contribution is 0.389. The molecule has 0 saturated heterocycles. The predicted octanol–water partition coefficient (Wildman–Crippen LogP) is 5.57. The van der Waals surface area contributed by atoms with Gasteiger partial charge in [-0.05, 0) is 40.5 Å². The molecule has 0 bridgehead atoms. The van der Waals surface area contributed by atoms with E-state index in [1.807, 2.05) is 58.0 Å². The molecule has 0 N–H and O–H groups in total. The summed E-state index contributed by atoms with van der Waals surface area (Å²) < 4.78 is 26.2. The third kappa shape index (κ3) is 2.51. The predicted molar refractivity (Wildman–Crippen MR) is 103 cm³/mol. The Kier molecular flexibility index (Phi) is 4.34. The van der Waals surface area contributed by atoms with Gasteiger partial charge in [-0.1, -0.05) is 39.0 Å². The fourth-order valence-electron chi connectivity index (χ4n) is 3.16. The molecule has 1 aliphatic heterocycles. The molecule has 3 rings (SSSR count). The lowest BCUT2D eigenvalue weighted by Crippen LogP contribution is -2.23. The molecule has 0 saturated carbocycles. The van der Waals surface area contributed by atoms with Crippen LogP contribution in [0.15, 0.2) is 34.8 Å². The van der Waals surface area contributed by atoms with Gasteiger partial charge in [0.05, 0.1) is 16.9 Å². The average Bonchev–Trinajstić information content (AvgIpc) is 2.88. The average molecular weight is 409 g/mol. The lowest BCUT2D eigenvalue weighted by Gasteiger charge is -2.28. The van der Waals surface area contributed by atoms with Gasteiger partial charge in [0.25, 0.3) is 0 Å². The summed E-state index contributed by atoms with van der Waals surface area (Å²) in [5, 5.41) is 0.485. The molecule has 24 heavy (non-hydrogen) atoms. The molecule has 0 amide bonds. The van der Waals surface area contributed by atoms with Crippen molar-refractivity contribution in [1.82, 2.24) is 0 Å². The molecule has 1 heterocycles. The van der Waals surface area contributed by atoms with Crippen molar-refractivity contribution >= 4 is 28.4 Å². The molecule has 3 nitrogen and oxygen atoms in total. The highest BCUT2D eigenvalue weighted by Gasteiger charge is 2.46. The zero-order valence-electron chi connectivity index (χ0n) is 14.6. The molecule has 2 aromatic carbocycles. The first-order chi connectivity index (χ1) is 11.2. The first kappa shape index (κ1) is 17.6. The second-order valence-electron chi connectivity index (χ2n) is 7.11. The molecule has 0 spiro atoms. The largest absolute Gasteiger partial charge is 0.495 e. The van der Waals surface area contributed by atoms with Crippen LogP contribution in [0.1, 0.15) is 26.3 Å². The van der Waals surface area contributed by atoms with Gasteiger partial charge in [0.2, 0.25) is 0 Å². The molecule has 0 aliphatic carbocycles. The Morgan fingerprint density at radius 1 is 1.21 bits per heavy atom. The van der Waals surface area contributed by atoms with Crippen LogP contribution in [0.4, 0.5) is 0 Å². The summed E-state index contributed by atoms with van der Waals surface area (Å²) in [6.07, 6.45) is 0.262. The van der Waals surface area contributed by atoms with E-state index in [0.29, 0.717) is 0 Å². The van der Waals surface area contributed by atoms with Gasteiger partial charge in [-0.25, -0.2) is 0 Å². The Labute approximate surface area is 151 Å². The van der Waals surface area contributed by atoms with Crippen molar-refractivity contribution < 1.29 is 14.0 Å². The minimum atomic E-state index is -2.71. The number of benzene rings is 2. The molecule has 128 valence electrons. The van der Waals surface area contributed by atoms with E-state index in [-0.39, 0.29) is 11.5 Å². The zero-order chi connectivity index (χ0) is 17.7. The number of hydrogen-bond acceptors (Lipinski definition) is 3. The van der Waals surface area contributed by atoms with Crippen molar-refractivity contribution in [2.45, 2.75) is 32.9 Å². The fraction of sp³-hybridized carbons (Fsp3) is 0.368. The number of fused-ring (bicyclic) bond motifs is 1. The fourth-order valence-corrected chi connectivity index (χ4v) is 6.23. The van der Waals surface area contributed by atoms with E-state index < -0.39 is 7.14 Å². The van der Waals surface area contributed by atoms with E-state index in [2.05, 4.69) is 15.9 Å². The summed E-state index contributed by atoms with van der Waals surface area (Å²) in [4.78, 5) is 0. The molecule has 1 aliphatic rings. The number of halogens is 1. The van der Waals surface area contributed by atoms with Crippen LogP contribution in [0.5, 0.6) is 11.5 Å². The number of rotatable bonds is 2. The second-order valence-corrected chi connectivity index (χ2v) is 11.5. The molecule has 1 atom stereocenters. The van der Waals surface area contributed by atoms with Gasteiger partial charge in [0, 0.05) is 16.3 Å². The molecule has 0 fully saturated rings. The van der Waals surface area contributed by atoms with Crippen molar-refractivity contribution in [3.8, 4) is 22.6 Å². The molecular weight excluding hydrogens is 387 g/mol. The Morgan fingerprint density at radius 3 is 2.54 bits per heavy atom. The van der Waals surface area contributed by atoms with E-state index >= 15 is 0 Å². The first-order valence-electron chi connectivity index (χ1n) is 7.89. The highest BCUT2D eigenvalue weighted by molar-refractivity contribution is 9.10. The topological polar surface area (TPSA) is 35.5 Å².